The number of hydrogen-bond acceptors (Lipinski definition) is 4. The van der Waals surface area contributed by atoms with Crippen molar-refractivity contribution in [1.29, 1.82) is 0 Å². The standard InChI is InChI=1S/C13H10ClN3O4S/c1-17-10(13(18)19)5-11(12(17)14)22(20,21)8-2-3-9-7(4-8)6-15-16-9/h2-6H,1H3,(H,15,16)(H,18,19). The number of carbonyl (C=O) groups is 1. The maximum atomic E-state index is 12.7. The number of hydrogen-bond donors (Lipinski definition) is 2. The molecule has 0 bridgehead atoms. The summed E-state index contributed by atoms with van der Waals surface area (Å²) in [6.45, 7) is 0. The zero-order valence-corrected chi connectivity index (χ0v) is 12.8. The first kappa shape index (κ1) is 14.6. The van der Waals surface area contributed by atoms with Crippen molar-refractivity contribution < 1.29 is 18.3 Å². The third-order valence-corrected chi connectivity index (χ3v) is 5.69. The van der Waals surface area contributed by atoms with Crippen LogP contribution < -0.4 is 0 Å². The number of nitrogens with one attached hydrogen (secondary N) is 1. The summed E-state index contributed by atoms with van der Waals surface area (Å²) in [6.07, 6.45) is 1.50. The van der Waals surface area contributed by atoms with Gasteiger partial charge in [-0.25, -0.2) is 13.2 Å². The molecule has 9 heteroatoms. The molecule has 0 aliphatic rings. The molecule has 1 aromatic carbocycles. The topological polar surface area (TPSA) is 105 Å². The number of rotatable bonds is 3. The fourth-order valence-corrected chi connectivity index (χ4v) is 4.02. The maximum absolute atomic E-state index is 12.7. The van der Waals surface area contributed by atoms with Crippen LogP contribution in [0, 0.1) is 0 Å². The fourth-order valence-electron chi connectivity index (χ4n) is 2.16. The van der Waals surface area contributed by atoms with E-state index in [4.69, 9.17) is 16.7 Å². The van der Waals surface area contributed by atoms with Gasteiger partial charge in [-0.2, -0.15) is 5.10 Å². The van der Waals surface area contributed by atoms with Gasteiger partial charge >= 0.3 is 5.97 Å². The summed E-state index contributed by atoms with van der Waals surface area (Å²) in [7, 11) is -2.54. The minimum atomic E-state index is -3.93. The van der Waals surface area contributed by atoms with Gasteiger partial charge in [0.05, 0.1) is 16.6 Å². The second-order valence-corrected chi connectivity index (χ2v) is 6.95. The molecular weight excluding hydrogens is 330 g/mol. The van der Waals surface area contributed by atoms with E-state index in [-0.39, 0.29) is 20.6 Å². The average Bonchev–Trinajstić information content (AvgIpc) is 3.04. The Balaban J connectivity index is 2.21. The van der Waals surface area contributed by atoms with Crippen molar-refractivity contribution in [2.75, 3.05) is 0 Å². The number of halogens is 1. The van der Waals surface area contributed by atoms with Gasteiger partial charge in [0.1, 0.15) is 15.7 Å². The molecule has 0 aliphatic heterocycles. The van der Waals surface area contributed by atoms with E-state index in [0.717, 1.165) is 10.6 Å². The van der Waals surface area contributed by atoms with Crippen LogP contribution in [0.4, 0.5) is 0 Å². The molecule has 114 valence electrons. The number of aromatic nitrogens is 3. The van der Waals surface area contributed by atoms with Crippen LogP contribution >= 0.6 is 11.6 Å². The number of aromatic amines is 1. The van der Waals surface area contributed by atoms with Gasteiger partial charge in [-0.15, -0.1) is 0 Å². The molecule has 0 unspecified atom stereocenters. The van der Waals surface area contributed by atoms with E-state index in [1.807, 2.05) is 0 Å². The number of aromatic carboxylic acids is 1. The first-order valence-electron chi connectivity index (χ1n) is 6.09. The number of carboxylic acid groups (broad SMARTS) is 1. The molecule has 0 spiro atoms. The van der Waals surface area contributed by atoms with Crippen molar-refractivity contribution in [3.8, 4) is 0 Å². The first-order valence-corrected chi connectivity index (χ1v) is 7.95. The Kier molecular flexibility index (Phi) is 3.22. The predicted octanol–water partition coefficient (Wildman–Crippen LogP) is 2.09. The second kappa shape index (κ2) is 4.85. The Morgan fingerprint density at radius 1 is 1.36 bits per heavy atom. The van der Waals surface area contributed by atoms with Crippen LogP contribution in [0.5, 0.6) is 0 Å². The van der Waals surface area contributed by atoms with Crippen molar-refractivity contribution in [2.24, 2.45) is 7.05 Å². The van der Waals surface area contributed by atoms with Crippen molar-refractivity contribution in [3.05, 3.63) is 41.3 Å². The van der Waals surface area contributed by atoms with E-state index in [1.165, 1.54) is 25.4 Å². The summed E-state index contributed by atoms with van der Waals surface area (Å²) in [5.41, 5.74) is 0.497. The van der Waals surface area contributed by atoms with Gasteiger partial charge in [0.2, 0.25) is 9.84 Å². The molecule has 0 amide bonds. The summed E-state index contributed by atoms with van der Waals surface area (Å²) < 4.78 is 26.5. The molecule has 0 fully saturated rings. The lowest BCUT2D eigenvalue weighted by molar-refractivity contribution is 0.0686. The zero-order valence-electron chi connectivity index (χ0n) is 11.2. The van der Waals surface area contributed by atoms with Crippen molar-refractivity contribution in [3.63, 3.8) is 0 Å². The molecule has 7 nitrogen and oxygen atoms in total. The Morgan fingerprint density at radius 3 is 2.73 bits per heavy atom. The van der Waals surface area contributed by atoms with E-state index in [2.05, 4.69) is 10.2 Å². The fraction of sp³-hybridized carbons (Fsp3) is 0.0769. The molecule has 2 heterocycles. The highest BCUT2D eigenvalue weighted by Crippen LogP contribution is 2.31. The first-order chi connectivity index (χ1) is 10.3. The van der Waals surface area contributed by atoms with E-state index in [1.54, 1.807) is 6.07 Å². The minimum Gasteiger partial charge on any atom is -0.477 e. The van der Waals surface area contributed by atoms with Crippen molar-refractivity contribution >= 4 is 38.3 Å². The van der Waals surface area contributed by atoms with Crippen LogP contribution in [0.15, 0.2) is 40.3 Å². The number of nitrogens with zero attached hydrogens (tertiary/aromatic N) is 2. The Morgan fingerprint density at radius 2 is 2.09 bits per heavy atom. The third-order valence-electron chi connectivity index (χ3n) is 3.36. The molecule has 0 saturated carbocycles. The van der Waals surface area contributed by atoms with Gasteiger partial charge in [-0.05, 0) is 24.3 Å². The Hall–Kier alpha value is -2.32. The molecule has 22 heavy (non-hydrogen) atoms. The minimum absolute atomic E-state index is 0.0193. The van der Waals surface area contributed by atoms with Crippen LogP contribution in [-0.4, -0.2) is 34.3 Å². The van der Waals surface area contributed by atoms with E-state index >= 15 is 0 Å². The predicted molar refractivity (Wildman–Crippen MR) is 78.9 cm³/mol. The van der Waals surface area contributed by atoms with Gasteiger partial charge in [-0.1, -0.05) is 11.6 Å². The molecule has 2 N–H and O–H groups in total. The molecule has 0 saturated heterocycles. The van der Waals surface area contributed by atoms with Gasteiger partial charge < -0.3 is 9.67 Å². The average molecular weight is 340 g/mol. The van der Waals surface area contributed by atoms with Gasteiger partial charge in [0.15, 0.2) is 0 Å². The molecular formula is C13H10ClN3O4S. The number of fused-ring (bicyclic) bond motifs is 1. The highest BCUT2D eigenvalue weighted by Gasteiger charge is 2.27. The Labute approximate surface area is 130 Å². The van der Waals surface area contributed by atoms with Crippen LogP contribution in [0.2, 0.25) is 5.15 Å². The van der Waals surface area contributed by atoms with Gasteiger partial charge in [0, 0.05) is 12.4 Å². The molecule has 3 aromatic rings. The summed E-state index contributed by atoms with van der Waals surface area (Å²) in [6, 6.07) is 5.52. The largest absolute Gasteiger partial charge is 0.477 e. The summed E-state index contributed by atoms with van der Waals surface area (Å²) in [5.74, 6) is -1.25. The molecule has 3 rings (SSSR count). The smallest absolute Gasteiger partial charge is 0.352 e. The summed E-state index contributed by atoms with van der Waals surface area (Å²) in [4.78, 5) is 10.9. The second-order valence-electron chi connectivity index (χ2n) is 4.67. The van der Waals surface area contributed by atoms with Crippen LogP contribution in [-0.2, 0) is 16.9 Å². The highest BCUT2D eigenvalue weighted by molar-refractivity contribution is 7.91. The molecule has 2 aromatic heterocycles. The SMILES string of the molecule is Cn1c(C(=O)O)cc(S(=O)(=O)c2ccc3[nH]ncc3c2)c1Cl. The monoisotopic (exact) mass is 339 g/mol. The van der Waals surface area contributed by atoms with Crippen molar-refractivity contribution in [2.45, 2.75) is 9.79 Å². The Bertz CT molecular complexity index is 1000. The highest BCUT2D eigenvalue weighted by atomic mass is 35.5. The molecule has 0 aliphatic carbocycles. The quantitative estimate of drug-likeness (QED) is 0.760. The third kappa shape index (κ3) is 2.08. The van der Waals surface area contributed by atoms with Crippen LogP contribution in [0.1, 0.15) is 10.5 Å². The van der Waals surface area contributed by atoms with Gasteiger partial charge in [-0.3, -0.25) is 5.10 Å². The van der Waals surface area contributed by atoms with E-state index < -0.39 is 15.8 Å². The zero-order chi connectivity index (χ0) is 16.1. The number of carboxylic acids is 1. The molecule has 0 radical (unpaired) electrons. The van der Waals surface area contributed by atoms with Crippen LogP contribution in [0.25, 0.3) is 10.9 Å². The van der Waals surface area contributed by atoms with Gasteiger partial charge in [0.25, 0.3) is 0 Å². The maximum Gasteiger partial charge on any atom is 0.352 e. The summed E-state index contributed by atoms with van der Waals surface area (Å²) >= 11 is 5.99. The lowest BCUT2D eigenvalue weighted by Gasteiger charge is -2.04. The number of sulfone groups is 1. The lowest BCUT2D eigenvalue weighted by Crippen LogP contribution is -2.03. The van der Waals surface area contributed by atoms with Crippen LogP contribution in [0.3, 0.4) is 0 Å². The van der Waals surface area contributed by atoms with E-state index in [9.17, 15) is 13.2 Å². The van der Waals surface area contributed by atoms with Crippen molar-refractivity contribution in [1.82, 2.24) is 14.8 Å². The summed E-state index contributed by atoms with van der Waals surface area (Å²) in [5, 5.41) is 16.1. The molecule has 0 atom stereocenters. The van der Waals surface area contributed by atoms with E-state index in [0.29, 0.717) is 10.9 Å². The lowest BCUT2D eigenvalue weighted by atomic mass is 10.3. The number of benzene rings is 1. The number of H-pyrrole nitrogens is 1. The normalized spacial score (nSPS) is 11.9.